The summed E-state index contributed by atoms with van der Waals surface area (Å²) in [6, 6.07) is 0.851. The molecule has 0 aromatic carbocycles. The van der Waals surface area contributed by atoms with Crippen LogP contribution in [-0.2, 0) is 23.8 Å². The fraction of sp³-hybridized carbons (Fsp3) is 0.867. The Morgan fingerprint density at radius 1 is 0.600 bits per heavy atom. The van der Waals surface area contributed by atoms with Crippen LogP contribution < -0.4 is 31.9 Å². The SMILES string of the molecule is O=C(CCCCC1SC[C@H]2NC(=O)N[C@H]12)NCCCOCCOCCOCCCNC(=O)CCCCC1SC[C@H]2NC(=O)N[C@@H]12. The van der Waals surface area contributed by atoms with E-state index in [2.05, 4.69) is 31.9 Å². The zero-order chi connectivity index (χ0) is 31.7. The van der Waals surface area contributed by atoms with E-state index >= 15 is 0 Å². The zero-order valence-electron chi connectivity index (χ0n) is 26.3. The molecule has 4 fully saturated rings. The predicted molar refractivity (Wildman–Crippen MR) is 176 cm³/mol. The van der Waals surface area contributed by atoms with Crippen molar-refractivity contribution in [2.75, 3.05) is 64.2 Å². The van der Waals surface area contributed by atoms with Crippen molar-refractivity contribution in [1.82, 2.24) is 31.9 Å². The van der Waals surface area contributed by atoms with Crippen LogP contribution in [0.1, 0.15) is 64.2 Å². The van der Waals surface area contributed by atoms with Gasteiger partial charge in [0.25, 0.3) is 0 Å². The molecule has 0 radical (unpaired) electrons. The van der Waals surface area contributed by atoms with Crippen molar-refractivity contribution < 1.29 is 33.4 Å². The average molecular weight is 673 g/mol. The highest BCUT2D eigenvalue weighted by atomic mass is 32.2. The second-order valence-electron chi connectivity index (χ2n) is 12.0. The van der Waals surface area contributed by atoms with E-state index in [0.717, 1.165) is 62.9 Å². The molecule has 6 N–H and O–H groups in total. The van der Waals surface area contributed by atoms with Gasteiger partial charge >= 0.3 is 12.1 Å². The molecule has 256 valence electrons. The van der Waals surface area contributed by atoms with Crippen molar-refractivity contribution in [3.63, 3.8) is 0 Å². The Balaban J connectivity index is 0.821. The molecular weight excluding hydrogens is 620 g/mol. The highest BCUT2D eigenvalue weighted by Crippen LogP contribution is 2.34. The van der Waals surface area contributed by atoms with Crippen molar-refractivity contribution in [2.24, 2.45) is 0 Å². The summed E-state index contributed by atoms with van der Waals surface area (Å²) in [6.45, 7) is 4.37. The number of urea groups is 2. The smallest absolute Gasteiger partial charge is 0.315 e. The summed E-state index contributed by atoms with van der Waals surface area (Å²) in [5.41, 5.74) is 0. The normalized spacial score (nSPS) is 26.5. The molecule has 15 heteroatoms. The van der Waals surface area contributed by atoms with Crippen LogP contribution >= 0.6 is 23.5 Å². The first-order valence-corrected chi connectivity index (χ1v) is 18.7. The zero-order valence-corrected chi connectivity index (χ0v) is 27.9. The summed E-state index contributed by atoms with van der Waals surface area (Å²) in [4.78, 5) is 47.0. The summed E-state index contributed by atoms with van der Waals surface area (Å²) in [7, 11) is 0. The molecule has 6 amide bonds. The van der Waals surface area contributed by atoms with Gasteiger partial charge in [-0.15, -0.1) is 0 Å². The molecule has 4 heterocycles. The molecule has 4 aliphatic rings. The van der Waals surface area contributed by atoms with E-state index in [1.807, 2.05) is 23.5 Å². The van der Waals surface area contributed by atoms with E-state index in [4.69, 9.17) is 14.2 Å². The van der Waals surface area contributed by atoms with E-state index in [1.165, 1.54) is 0 Å². The molecule has 0 aromatic rings. The maximum atomic E-state index is 12.0. The number of fused-ring (bicyclic) bond motifs is 2. The fourth-order valence-electron chi connectivity index (χ4n) is 6.07. The lowest BCUT2D eigenvalue weighted by Gasteiger charge is -2.16. The molecule has 45 heavy (non-hydrogen) atoms. The molecule has 0 aliphatic carbocycles. The van der Waals surface area contributed by atoms with Crippen LogP contribution in [0.3, 0.4) is 0 Å². The predicted octanol–water partition coefficient (Wildman–Crippen LogP) is 1.50. The molecule has 0 spiro atoms. The van der Waals surface area contributed by atoms with Crippen molar-refractivity contribution >= 4 is 47.4 Å². The van der Waals surface area contributed by atoms with Gasteiger partial charge < -0.3 is 46.1 Å². The molecule has 4 rings (SSSR count). The van der Waals surface area contributed by atoms with E-state index in [9.17, 15) is 19.2 Å². The molecule has 0 saturated carbocycles. The number of amides is 6. The number of carbonyl (C=O) groups excluding carboxylic acids is 4. The van der Waals surface area contributed by atoms with Gasteiger partial charge in [0.15, 0.2) is 0 Å². The third-order valence-corrected chi connectivity index (χ3v) is 11.5. The largest absolute Gasteiger partial charge is 0.379 e. The van der Waals surface area contributed by atoms with Crippen LogP contribution in [-0.4, -0.2) is 123 Å². The van der Waals surface area contributed by atoms with Crippen LogP contribution in [0.5, 0.6) is 0 Å². The van der Waals surface area contributed by atoms with Gasteiger partial charge in [-0.1, -0.05) is 12.8 Å². The second kappa shape index (κ2) is 20.3. The Bertz CT molecular complexity index is 878. The molecule has 4 saturated heterocycles. The van der Waals surface area contributed by atoms with E-state index < -0.39 is 0 Å². The summed E-state index contributed by atoms with van der Waals surface area (Å²) in [5, 5.41) is 18.7. The summed E-state index contributed by atoms with van der Waals surface area (Å²) in [6.07, 6.45) is 8.33. The lowest BCUT2D eigenvalue weighted by atomic mass is 10.0. The van der Waals surface area contributed by atoms with Crippen LogP contribution in [0, 0.1) is 0 Å². The standard InChI is InChI=1S/C30H52N6O7S2/c37-25(9-3-1-7-23-27-21(19-44-23)33-29(39)35-27)31-11-5-13-41-15-17-43-18-16-42-14-6-12-32-26(38)10-4-2-8-24-28-22(20-45-24)34-30(40)36-28/h21-24,27-28H,1-20H2,(H,31,37)(H,32,38)(H2,33,35,39)(H2,34,36,40)/t21-,22-,23?,24?,27-,28+/m1/s1. The molecule has 0 aromatic heterocycles. The number of rotatable bonds is 24. The Hall–Kier alpha value is -1.94. The van der Waals surface area contributed by atoms with Gasteiger partial charge in [-0.05, 0) is 38.5 Å². The minimum atomic E-state index is -0.0560. The number of thioether (sulfide) groups is 2. The summed E-state index contributed by atoms with van der Waals surface area (Å²) in [5.74, 6) is 2.09. The lowest BCUT2D eigenvalue weighted by molar-refractivity contribution is -0.122. The van der Waals surface area contributed by atoms with Crippen molar-refractivity contribution in [3.8, 4) is 0 Å². The van der Waals surface area contributed by atoms with Gasteiger partial charge in [-0.3, -0.25) is 9.59 Å². The number of ether oxygens (including phenoxy) is 3. The average Bonchev–Trinajstić information content (AvgIpc) is 3.77. The molecule has 13 nitrogen and oxygen atoms in total. The molecule has 2 unspecified atom stereocenters. The number of carbonyl (C=O) groups is 4. The Morgan fingerprint density at radius 2 is 1.02 bits per heavy atom. The fourth-order valence-corrected chi connectivity index (χ4v) is 9.16. The second-order valence-corrected chi connectivity index (χ2v) is 14.5. The first kappa shape index (κ1) is 35.9. The number of hydrogen-bond donors (Lipinski definition) is 6. The minimum Gasteiger partial charge on any atom is -0.379 e. The maximum Gasteiger partial charge on any atom is 0.315 e. The van der Waals surface area contributed by atoms with E-state index in [0.29, 0.717) is 76.1 Å². The van der Waals surface area contributed by atoms with Crippen LogP contribution in [0.4, 0.5) is 9.59 Å². The van der Waals surface area contributed by atoms with Crippen molar-refractivity contribution in [3.05, 3.63) is 0 Å². The molecule has 4 aliphatic heterocycles. The van der Waals surface area contributed by atoms with Crippen molar-refractivity contribution in [1.29, 1.82) is 0 Å². The van der Waals surface area contributed by atoms with Gasteiger partial charge in [0, 0.05) is 61.2 Å². The van der Waals surface area contributed by atoms with Gasteiger partial charge in [0.1, 0.15) is 0 Å². The minimum absolute atomic E-state index is 0.0560. The highest BCUT2D eigenvalue weighted by molar-refractivity contribution is 8.00. The quantitative estimate of drug-likeness (QED) is 0.0658. The third-order valence-electron chi connectivity index (χ3n) is 8.48. The molecule has 6 atom stereocenters. The highest BCUT2D eigenvalue weighted by Gasteiger charge is 2.43. The van der Waals surface area contributed by atoms with Crippen LogP contribution in [0.25, 0.3) is 0 Å². The van der Waals surface area contributed by atoms with Gasteiger partial charge in [0.2, 0.25) is 11.8 Å². The Kier molecular flexibility index (Phi) is 16.2. The third kappa shape index (κ3) is 13.0. The number of nitrogens with one attached hydrogen (secondary N) is 6. The van der Waals surface area contributed by atoms with Gasteiger partial charge in [-0.25, -0.2) is 9.59 Å². The first-order chi connectivity index (χ1) is 22.0. The monoisotopic (exact) mass is 672 g/mol. The number of hydrogen-bond acceptors (Lipinski definition) is 9. The summed E-state index contributed by atoms with van der Waals surface area (Å²) >= 11 is 3.82. The van der Waals surface area contributed by atoms with E-state index in [-0.39, 0.29) is 48.0 Å². The van der Waals surface area contributed by atoms with E-state index in [1.54, 1.807) is 0 Å². The number of unbranched alkanes of at least 4 members (excludes halogenated alkanes) is 2. The van der Waals surface area contributed by atoms with Gasteiger partial charge in [-0.2, -0.15) is 23.5 Å². The topological polar surface area (TPSA) is 168 Å². The maximum absolute atomic E-state index is 12.0. The van der Waals surface area contributed by atoms with Gasteiger partial charge in [0.05, 0.1) is 50.6 Å². The molecule has 0 bridgehead atoms. The van der Waals surface area contributed by atoms with Crippen LogP contribution in [0.15, 0.2) is 0 Å². The molecular formula is C30H52N6O7S2. The van der Waals surface area contributed by atoms with Crippen molar-refractivity contribution in [2.45, 2.75) is 98.9 Å². The Morgan fingerprint density at radius 3 is 1.47 bits per heavy atom. The van der Waals surface area contributed by atoms with Crippen LogP contribution in [0.2, 0.25) is 0 Å². The lowest BCUT2D eigenvalue weighted by Crippen LogP contribution is -2.36. The summed E-state index contributed by atoms with van der Waals surface area (Å²) < 4.78 is 16.6. The Labute approximate surface area is 275 Å². The first-order valence-electron chi connectivity index (χ1n) is 16.6.